The van der Waals surface area contributed by atoms with E-state index in [1.807, 2.05) is 0 Å². The van der Waals surface area contributed by atoms with Crippen LogP contribution in [0.4, 0.5) is 0 Å². The number of hydrogen-bond donors (Lipinski definition) is 8. The van der Waals surface area contributed by atoms with Gasteiger partial charge in [-0.3, -0.25) is 9.59 Å². The van der Waals surface area contributed by atoms with Crippen molar-refractivity contribution in [3.8, 4) is 40.1 Å². The van der Waals surface area contributed by atoms with Crippen LogP contribution in [0.1, 0.15) is 20.8 Å². The molecule has 3 aromatic rings. The maximum atomic E-state index is 13.8. The van der Waals surface area contributed by atoms with Crippen molar-refractivity contribution in [1.82, 2.24) is 0 Å². The van der Waals surface area contributed by atoms with Gasteiger partial charge in [-0.2, -0.15) is 0 Å². The van der Waals surface area contributed by atoms with Crippen LogP contribution in [0.15, 0.2) is 39.5 Å². The van der Waals surface area contributed by atoms with Crippen LogP contribution < -0.4 is 14.9 Å². The van der Waals surface area contributed by atoms with Gasteiger partial charge in [0.15, 0.2) is 23.4 Å². The number of aromatic hydroxyl groups is 3. The summed E-state index contributed by atoms with van der Waals surface area (Å²) >= 11 is 0. The SMILES string of the molecule is CC(=O)O[C@@H]1[C@H](O)[C@H](O)[C@H](Oc2c(-c3ccc(O)c(O)c3)oc3cc(O[C@H]4O[C@@H](C)[C@H](O)[C@H](O)[C@@H]4O)cc(O)c3c2=O)O[C@H]1C. The normalized spacial score (nSPS) is 31.8. The molecular weight excluding hydrogens is 604 g/mol. The Morgan fingerprint density at radius 1 is 0.756 bits per heavy atom. The Labute approximate surface area is 253 Å². The summed E-state index contributed by atoms with van der Waals surface area (Å²) in [4.78, 5) is 25.3. The van der Waals surface area contributed by atoms with Gasteiger partial charge in [0.25, 0.3) is 0 Å². The standard InChI is InChI=1S/C29H32O16/c1-9-19(34)21(36)23(38)28(40-9)43-13-7-16(33)18-17(8-13)44-26(12-4-5-14(31)15(32)6-12)27(20(18)35)45-29-24(39)22(37)25(10(2)41-29)42-11(3)30/h4-10,19,21-25,28-29,31-34,36-39H,1-3H3/t9-,10-,19-,21-,22+,23-,24-,25-,28+,29-/m0/s1. The van der Waals surface area contributed by atoms with E-state index in [4.69, 9.17) is 28.1 Å². The van der Waals surface area contributed by atoms with E-state index >= 15 is 0 Å². The van der Waals surface area contributed by atoms with Crippen molar-refractivity contribution in [3.63, 3.8) is 0 Å². The summed E-state index contributed by atoms with van der Waals surface area (Å²) < 4.78 is 33.4. The highest BCUT2D eigenvalue weighted by Gasteiger charge is 2.47. The molecule has 1 aromatic heterocycles. The smallest absolute Gasteiger partial charge is 0.303 e. The molecule has 16 nitrogen and oxygen atoms in total. The van der Waals surface area contributed by atoms with Gasteiger partial charge in [0, 0.05) is 24.6 Å². The number of aliphatic hydroxyl groups is 5. The summed E-state index contributed by atoms with van der Waals surface area (Å²) in [6.07, 6.45) is -14.6. The monoisotopic (exact) mass is 636 g/mol. The van der Waals surface area contributed by atoms with Crippen LogP contribution >= 0.6 is 0 Å². The molecule has 10 atom stereocenters. The Morgan fingerprint density at radius 2 is 1.40 bits per heavy atom. The van der Waals surface area contributed by atoms with Crippen LogP contribution in [0.25, 0.3) is 22.3 Å². The number of esters is 1. The molecule has 2 saturated heterocycles. The van der Waals surface area contributed by atoms with E-state index in [1.54, 1.807) is 0 Å². The van der Waals surface area contributed by atoms with Crippen molar-refractivity contribution in [2.75, 3.05) is 0 Å². The lowest BCUT2D eigenvalue weighted by Gasteiger charge is -2.40. The van der Waals surface area contributed by atoms with Crippen LogP contribution in [-0.2, 0) is 19.0 Å². The fourth-order valence-corrected chi connectivity index (χ4v) is 5.11. The van der Waals surface area contributed by atoms with E-state index in [0.717, 1.165) is 31.2 Å². The van der Waals surface area contributed by atoms with Crippen LogP contribution in [0.3, 0.4) is 0 Å². The highest BCUT2D eigenvalue weighted by molar-refractivity contribution is 5.88. The van der Waals surface area contributed by atoms with Crippen molar-refractivity contribution in [3.05, 3.63) is 40.6 Å². The predicted octanol–water partition coefficient (Wildman–Crippen LogP) is -0.440. The molecule has 5 rings (SSSR count). The number of phenolic OH excluding ortho intramolecular Hbond substituents is 3. The highest BCUT2D eigenvalue weighted by Crippen LogP contribution is 2.40. The molecule has 2 fully saturated rings. The maximum Gasteiger partial charge on any atom is 0.303 e. The Kier molecular flexibility index (Phi) is 8.83. The van der Waals surface area contributed by atoms with E-state index in [-0.39, 0.29) is 22.7 Å². The Morgan fingerprint density at radius 3 is 2.07 bits per heavy atom. The quantitative estimate of drug-likeness (QED) is 0.126. The fourth-order valence-electron chi connectivity index (χ4n) is 5.11. The zero-order valence-electron chi connectivity index (χ0n) is 24.0. The summed E-state index contributed by atoms with van der Waals surface area (Å²) in [5.41, 5.74) is -1.31. The number of carbonyl (C=O) groups is 1. The van der Waals surface area contributed by atoms with Gasteiger partial charge in [0.1, 0.15) is 53.0 Å². The number of hydrogen-bond acceptors (Lipinski definition) is 16. The van der Waals surface area contributed by atoms with E-state index in [9.17, 15) is 50.4 Å². The molecule has 2 aliphatic rings. The summed E-state index contributed by atoms with van der Waals surface area (Å²) in [5.74, 6) is -3.71. The second kappa shape index (κ2) is 12.3. The van der Waals surface area contributed by atoms with Gasteiger partial charge in [-0.1, -0.05) is 0 Å². The molecule has 8 N–H and O–H groups in total. The van der Waals surface area contributed by atoms with Gasteiger partial charge in [0.2, 0.25) is 23.8 Å². The predicted molar refractivity (Wildman–Crippen MR) is 148 cm³/mol. The van der Waals surface area contributed by atoms with Crippen LogP contribution in [0.5, 0.6) is 28.7 Å². The number of carbonyl (C=O) groups excluding carboxylic acids is 1. The minimum absolute atomic E-state index is 0.0150. The fraction of sp³-hybridized carbons (Fsp3) is 0.448. The average Bonchev–Trinajstić information content (AvgIpc) is 2.97. The van der Waals surface area contributed by atoms with Crippen LogP contribution in [0.2, 0.25) is 0 Å². The molecule has 3 heterocycles. The molecule has 0 bridgehead atoms. The summed E-state index contributed by atoms with van der Waals surface area (Å²) in [6, 6.07) is 5.55. The molecule has 0 unspecified atom stereocenters. The molecule has 0 aliphatic carbocycles. The zero-order valence-corrected chi connectivity index (χ0v) is 24.0. The van der Waals surface area contributed by atoms with Gasteiger partial charge >= 0.3 is 5.97 Å². The summed E-state index contributed by atoms with van der Waals surface area (Å²) in [7, 11) is 0. The lowest BCUT2D eigenvalue weighted by atomic mass is 9.99. The number of fused-ring (bicyclic) bond motifs is 1. The Hall–Kier alpha value is -4.16. The molecule has 0 radical (unpaired) electrons. The first-order valence-corrected chi connectivity index (χ1v) is 13.8. The summed E-state index contributed by atoms with van der Waals surface area (Å²) in [6.45, 7) is 3.98. The molecule has 0 saturated carbocycles. The number of ether oxygens (including phenoxy) is 5. The first-order chi connectivity index (χ1) is 21.2. The molecule has 0 spiro atoms. The van der Waals surface area contributed by atoms with Gasteiger partial charge in [0.05, 0.1) is 12.2 Å². The van der Waals surface area contributed by atoms with E-state index in [0.29, 0.717) is 0 Å². The molecule has 2 aromatic carbocycles. The number of rotatable bonds is 6. The Balaban J connectivity index is 1.58. The number of phenols is 3. The Bertz CT molecular complexity index is 1640. The lowest BCUT2D eigenvalue weighted by molar-refractivity contribution is -0.272. The highest BCUT2D eigenvalue weighted by atomic mass is 16.7. The van der Waals surface area contributed by atoms with Gasteiger partial charge in [-0.25, -0.2) is 0 Å². The third-order valence-electron chi connectivity index (χ3n) is 7.52. The number of aliphatic hydroxyl groups excluding tert-OH is 5. The second-order valence-corrected chi connectivity index (χ2v) is 10.8. The van der Waals surface area contributed by atoms with E-state index in [1.165, 1.54) is 19.9 Å². The van der Waals surface area contributed by atoms with Gasteiger partial charge in [-0.15, -0.1) is 0 Å². The average molecular weight is 637 g/mol. The maximum absolute atomic E-state index is 13.8. The third kappa shape index (κ3) is 6.08. The van der Waals surface area contributed by atoms with E-state index < -0.39 is 101 Å². The van der Waals surface area contributed by atoms with Crippen LogP contribution in [0, 0.1) is 0 Å². The number of benzene rings is 2. The molecular formula is C29H32O16. The van der Waals surface area contributed by atoms with Crippen molar-refractivity contribution in [2.45, 2.75) is 82.2 Å². The van der Waals surface area contributed by atoms with Crippen LogP contribution in [-0.4, -0.2) is 108 Å². The molecule has 244 valence electrons. The second-order valence-electron chi connectivity index (χ2n) is 10.8. The molecule has 45 heavy (non-hydrogen) atoms. The zero-order chi connectivity index (χ0) is 32.9. The van der Waals surface area contributed by atoms with Crippen molar-refractivity contribution >= 4 is 16.9 Å². The van der Waals surface area contributed by atoms with E-state index in [2.05, 4.69) is 0 Å². The topological polar surface area (TPSA) is 255 Å². The minimum Gasteiger partial charge on any atom is -0.507 e. The summed E-state index contributed by atoms with van der Waals surface area (Å²) in [5, 5.41) is 82.1. The molecule has 16 heteroatoms. The van der Waals surface area contributed by atoms with Crippen molar-refractivity contribution in [2.24, 2.45) is 0 Å². The largest absolute Gasteiger partial charge is 0.507 e. The van der Waals surface area contributed by atoms with Gasteiger partial charge in [-0.05, 0) is 32.0 Å². The first-order valence-electron chi connectivity index (χ1n) is 13.8. The lowest BCUT2D eigenvalue weighted by Crippen LogP contribution is -2.59. The molecule has 0 amide bonds. The van der Waals surface area contributed by atoms with Crippen molar-refractivity contribution < 1.29 is 73.7 Å². The third-order valence-corrected chi connectivity index (χ3v) is 7.52. The molecule has 2 aliphatic heterocycles. The minimum atomic E-state index is -1.84. The first kappa shape index (κ1) is 32.2. The van der Waals surface area contributed by atoms with Crippen molar-refractivity contribution in [1.29, 1.82) is 0 Å². The van der Waals surface area contributed by atoms with Gasteiger partial charge < -0.3 is 69.0 Å².